The van der Waals surface area contributed by atoms with Crippen LogP contribution in [0.3, 0.4) is 0 Å². The van der Waals surface area contributed by atoms with Gasteiger partial charge in [0.25, 0.3) is 5.91 Å². The van der Waals surface area contributed by atoms with Crippen LogP contribution in [0, 0.1) is 0 Å². The monoisotopic (exact) mass is 329 g/mol. The summed E-state index contributed by atoms with van der Waals surface area (Å²) >= 11 is 9.49. The third kappa shape index (κ3) is 3.07. The van der Waals surface area contributed by atoms with Gasteiger partial charge in [0.1, 0.15) is 0 Å². The second kappa shape index (κ2) is 6.07. The van der Waals surface area contributed by atoms with Gasteiger partial charge in [-0.3, -0.25) is 4.79 Å². The lowest BCUT2D eigenvalue weighted by atomic mass is 9.83. The Balaban J connectivity index is 2.13. The number of halogens is 2. The van der Waals surface area contributed by atoms with E-state index in [1.807, 2.05) is 24.3 Å². The number of hydrogen-bond donors (Lipinski definition) is 1. The molecule has 2 rings (SSSR count). The molecule has 1 aromatic carbocycles. The van der Waals surface area contributed by atoms with Gasteiger partial charge in [-0.1, -0.05) is 31.4 Å². The lowest BCUT2D eigenvalue weighted by Gasteiger charge is -2.36. The number of alkyl halides is 1. The predicted molar refractivity (Wildman–Crippen MR) is 78.1 cm³/mol. The Morgan fingerprint density at radius 3 is 2.56 bits per heavy atom. The molecule has 1 aromatic rings. The number of nitrogens with one attached hydrogen (secondary N) is 1. The minimum atomic E-state index is -0.216. The Hall–Kier alpha value is -0.540. The first kappa shape index (κ1) is 13.9. The molecule has 0 saturated heterocycles. The van der Waals surface area contributed by atoms with Crippen LogP contribution in [0.15, 0.2) is 28.7 Å². The molecule has 0 spiro atoms. The highest BCUT2D eigenvalue weighted by molar-refractivity contribution is 9.10. The van der Waals surface area contributed by atoms with Gasteiger partial charge in [0.2, 0.25) is 0 Å². The van der Waals surface area contributed by atoms with E-state index in [0.717, 1.165) is 30.2 Å². The van der Waals surface area contributed by atoms with E-state index >= 15 is 0 Å². The van der Waals surface area contributed by atoms with Crippen molar-refractivity contribution in [1.29, 1.82) is 0 Å². The van der Waals surface area contributed by atoms with Crippen LogP contribution >= 0.6 is 27.5 Å². The normalized spacial score (nSPS) is 18.3. The Bertz CT molecular complexity index is 430. The van der Waals surface area contributed by atoms with Crippen molar-refractivity contribution < 1.29 is 4.79 Å². The maximum Gasteiger partial charge on any atom is 0.252 e. The number of hydrogen-bond acceptors (Lipinski definition) is 1. The molecule has 1 N–H and O–H groups in total. The fourth-order valence-corrected chi connectivity index (χ4v) is 3.27. The third-order valence-electron chi connectivity index (χ3n) is 3.56. The molecular weight excluding hydrogens is 314 g/mol. The lowest BCUT2D eigenvalue weighted by Crippen LogP contribution is -2.51. The van der Waals surface area contributed by atoms with E-state index in [2.05, 4.69) is 21.2 Å². The van der Waals surface area contributed by atoms with Crippen molar-refractivity contribution in [1.82, 2.24) is 5.32 Å². The maximum absolute atomic E-state index is 12.3. The van der Waals surface area contributed by atoms with Gasteiger partial charge in [0, 0.05) is 10.4 Å². The fourth-order valence-electron chi connectivity index (χ4n) is 2.47. The first-order valence-electron chi connectivity index (χ1n) is 6.30. The van der Waals surface area contributed by atoms with Gasteiger partial charge in [0.15, 0.2) is 0 Å². The third-order valence-corrected chi connectivity index (χ3v) is 4.77. The van der Waals surface area contributed by atoms with Crippen LogP contribution in [0.25, 0.3) is 0 Å². The fraction of sp³-hybridized carbons (Fsp3) is 0.500. The summed E-state index contributed by atoms with van der Waals surface area (Å²) < 4.78 is 0.822. The highest BCUT2D eigenvalue weighted by atomic mass is 79.9. The Kier molecular flexibility index (Phi) is 4.68. The number of benzene rings is 1. The summed E-state index contributed by atoms with van der Waals surface area (Å²) in [6.07, 6.45) is 5.48. The van der Waals surface area contributed by atoms with Crippen molar-refractivity contribution in [3.05, 3.63) is 34.3 Å². The van der Waals surface area contributed by atoms with E-state index < -0.39 is 0 Å². The quantitative estimate of drug-likeness (QED) is 0.830. The Morgan fingerprint density at radius 1 is 1.28 bits per heavy atom. The highest BCUT2D eigenvalue weighted by Gasteiger charge is 2.33. The first-order valence-corrected chi connectivity index (χ1v) is 7.63. The first-order chi connectivity index (χ1) is 8.67. The van der Waals surface area contributed by atoms with Crippen LogP contribution in [0.4, 0.5) is 0 Å². The van der Waals surface area contributed by atoms with Crippen LogP contribution in [-0.4, -0.2) is 17.3 Å². The van der Waals surface area contributed by atoms with Crippen molar-refractivity contribution in [3.63, 3.8) is 0 Å². The summed E-state index contributed by atoms with van der Waals surface area (Å²) in [4.78, 5) is 12.3. The van der Waals surface area contributed by atoms with Crippen LogP contribution < -0.4 is 5.32 Å². The molecule has 4 heteroatoms. The van der Waals surface area contributed by atoms with Gasteiger partial charge >= 0.3 is 0 Å². The smallest absolute Gasteiger partial charge is 0.252 e. The average molecular weight is 331 g/mol. The summed E-state index contributed by atoms with van der Waals surface area (Å²) in [6.45, 7) is 0. The molecule has 1 saturated carbocycles. The summed E-state index contributed by atoms with van der Waals surface area (Å²) in [5.41, 5.74) is 0.458. The minimum Gasteiger partial charge on any atom is -0.345 e. The molecule has 1 aliphatic carbocycles. The zero-order valence-corrected chi connectivity index (χ0v) is 12.6. The van der Waals surface area contributed by atoms with Crippen LogP contribution in [0.1, 0.15) is 42.5 Å². The molecule has 2 nitrogen and oxygen atoms in total. The van der Waals surface area contributed by atoms with Gasteiger partial charge in [0.05, 0.1) is 11.1 Å². The van der Waals surface area contributed by atoms with E-state index in [-0.39, 0.29) is 11.4 Å². The summed E-state index contributed by atoms with van der Waals surface area (Å²) in [5, 5.41) is 3.14. The van der Waals surface area contributed by atoms with Gasteiger partial charge in [-0.05, 0) is 40.9 Å². The van der Waals surface area contributed by atoms with Crippen molar-refractivity contribution in [3.8, 4) is 0 Å². The summed E-state index contributed by atoms with van der Waals surface area (Å²) in [7, 11) is 0. The summed E-state index contributed by atoms with van der Waals surface area (Å²) in [5.74, 6) is 0.452. The lowest BCUT2D eigenvalue weighted by molar-refractivity contribution is 0.0884. The SMILES string of the molecule is O=C(NC1(CCl)CCCCC1)c1ccccc1Br. The average Bonchev–Trinajstić information content (AvgIpc) is 2.40. The van der Waals surface area contributed by atoms with Crippen molar-refractivity contribution in [2.75, 3.05) is 5.88 Å². The maximum atomic E-state index is 12.3. The Morgan fingerprint density at radius 2 is 1.94 bits per heavy atom. The van der Waals surface area contributed by atoms with Gasteiger partial charge in [-0.15, -0.1) is 11.6 Å². The van der Waals surface area contributed by atoms with Crippen molar-refractivity contribution in [2.24, 2.45) is 0 Å². The molecule has 0 radical (unpaired) electrons. The second-order valence-electron chi connectivity index (χ2n) is 4.91. The van der Waals surface area contributed by atoms with E-state index in [0.29, 0.717) is 11.4 Å². The van der Waals surface area contributed by atoms with E-state index in [4.69, 9.17) is 11.6 Å². The molecule has 0 aliphatic heterocycles. The van der Waals surface area contributed by atoms with Gasteiger partial charge < -0.3 is 5.32 Å². The zero-order valence-electron chi connectivity index (χ0n) is 10.2. The molecular formula is C14H17BrClNO. The Labute approximate surface area is 121 Å². The van der Waals surface area contributed by atoms with Gasteiger partial charge in [-0.2, -0.15) is 0 Å². The number of carbonyl (C=O) groups is 1. The zero-order chi connectivity index (χ0) is 13.0. The number of rotatable bonds is 3. The van der Waals surface area contributed by atoms with Crippen LogP contribution in [0.5, 0.6) is 0 Å². The van der Waals surface area contributed by atoms with E-state index in [9.17, 15) is 4.79 Å². The number of carbonyl (C=O) groups excluding carboxylic acids is 1. The molecule has 98 valence electrons. The predicted octanol–water partition coefficient (Wildman–Crippen LogP) is 4.12. The summed E-state index contributed by atoms with van der Waals surface area (Å²) in [6, 6.07) is 7.47. The topological polar surface area (TPSA) is 29.1 Å². The van der Waals surface area contributed by atoms with Gasteiger partial charge in [-0.25, -0.2) is 0 Å². The molecule has 0 bridgehead atoms. The second-order valence-corrected chi connectivity index (χ2v) is 6.03. The van der Waals surface area contributed by atoms with E-state index in [1.165, 1.54) is 6.42 Å². The molecule has 18 heavy (non-hydrogen) atoms. The molecule has 0 atom stereocenters. The highest BCUT2D eigenvalue weighted by Crippen LogP contribution is 2.30. The number of amides is 1. The molecule has 1 amide bonds. The van der Waals surface area contributed by atoms with Crippen molar-refractivity contribution in [2.45, 2.75) is 37.6 Å². The molecule has 0 aromatic heterocycles. The molecule has 0 heterocycles. The molecule has 0 unspecified atom stereocenters. The van der Waals surface area contributed by atoms with E-state index in [1.54, 1.807) is 0 Å². The standard InChI is InChI=1S/C14H17BrClNO/c15-12-7-3-2-6-11(12)13(18)17-14(10-16)8-4-1-5-9-14/h2-3,6-7H,1,4-5,8-10H2,(H,17,18). The van der Waals surface area contributed by atoms with Crippen LogP contribution in [-0.2, 0) is 0 Å². The minimum absolute atomic E-state index is 0.0370. The largest absolute Gasteiger partial charge is 0.345 e. The molecule has 1 fully saturated rings. The molecule has 1 aliphatic rings. The van der Waals surface area contributed by atoms with Crippen LogP contribution in [0.2, 0.25) is 0 Å². The van der Waals surface area contributed by atoms with Crippen molar-refractivity contribution >= 4 is 33.4 Å².